The summed E-state index contributed by atoms with van der Waals surface area (Å²) in [6.07, 6.45) is 7.15. The van der Waals surface area contributed by atoms with E-state index in [0.717, 1.165) is 36.3 Å². The van der Waals surface area contributed by atoms with E-state index in [0.29, 0.717) is 6.54 Å². The Morgan fingerprint density at radius 3 is 2.59 bits per heavy atom. The Morgan fingerprint density at radius 2 is 1.91 bits per heavy atom. The molecule has 1 heterocycles. The van der Waals surface area contributed by atoms with Crippen LogP contribution < -0.4 is 9.80 Å². The lowest BCUT2D eigenvalue weighted by molar-refractivity contribution is -0.107. The largest absolute Gasteiger partial charge is 0.373 e. The fraction of sp³-hybridized carbons (Fsp3) is 0.222. The van der Waals surface area contributed by atoms with Crippen molar-refractivity contribution < 1.29 is 4.79 Å². The van der Waals surface area contributed by atoms with E-state index in [4.69, 9.17) is 0 Å². The molecule has 1 aromatic carbocycles. The topological polar surface area (TPSA) is 36.4 Å². The number of carbonyl (C=O) groups is 1. The van der Waals surface area contributed by atoms with Gasteiger partial charge in [0.25, 0.3) is 0 Å². The highest BCUT2D eigenvalue weighted by molar-refractivity contribution is 5.76. The molecule has 1 amide bonds. The Morgan fingerprint density at radius 1 is 1.18 bits per heavy atom. The molecule has 0 spiro atoms. The number of anilines is 2. The zero-order valence-corrected chi connectivity index (χ0v) is 12.9. The highest BCUT2D eigenvalue weighted by Crippen LogP contribution is 2.21. The Bertz CT molecular complexity index is 613. The highest BCUT2D eigenvalue weighted by atomic mass is 16.1. The maximum atomic E-state index is 11.4. The summed E-state index contributed by atoms with van der Waals surface area (Å²) < 4.78 is 0. The van der Waals surface area contributed by atoms with E-state index in [-0.39, 0.29) is 0 Å². The van der Waals surface area contributed by atoms with Gasteiger partial charge in [-0.15, -0.1) is 6.58 Å². The molecule has 0 bridgehead atoms. The molecule has 4 heteroatoms. The molecule has 0 unspecified atom stereocenters. The molecule has 0 atom stereocenters. The van der Waals surface area contributed by atoms with Crippen LogP contribution in [0.5, 0.6) is 0 Å². The van der Waals surface area contributed by atoms with Crippen molar-refractivity contribution in [2.45, 2.75) is 13.0 Å². The van der Waals surface area contributed by atoms with Gasteiger partial charge >= 0.3 is 0 Å². The summed E-state index contributed by atoms with van der Waals surface area (Å²) in [7, 11) is 2.01. The smallest absolute Gasteiger partial charge is 0.214 e. The predicted octanol–water partition coefficient (Wildman–Crippen LogP) is 3.26. The van der Waals surface area contributed by atoms with E-state index >= 15 is 0 Å². The van der Waals surface area contributed by atoms with Crippen LogP contribution in [0, 0.1) is 0 Å². The van der Waals surface area contributed by atoms with E-state index < -0.39 is 0 Å². The summed E-state index contributed by atoms with van der Waals surface area (Å²) >= 11 is 0. The second-order valence-corrected chi connectivity index (χ2v) is 5.12. The first-order valence-corrected chi connectivity index (χ1v) is 7.27. The Kier molecular flexibility index (Phi) is 5.72. The molecule has 0 N–H and O–H groups in total. The number of rotatable bonds is 8. The lowest BCUT2D eigenvalue weighted by atomic mass is 10.2. The van der Waals surface area contributed by atoms with Gasteiger partial charge in [0.15, 0.2) is 0 Å². The number of benzene rings is 1. The third kappa shape index (κ3) is 4.19. The van der Waals surface area contributed by atoms with Gasteiger partial charge in [0, 0.05) is 13.6 Å². The minimum atomic E-state index is 0.534. The van der Waals surface area contributed by atoms with Crippen LogP contribution >= 0.6 is 0 Å². The fourth-order valence-corrected chi connectivity index (χ4v) is 2.17. The summed E-state index contributed by atoms with van der Waals surface area (Å²) in [5.41, 5.74) is 2.86. The van der Waals surface area contributed by atoms with Crippen LogP contribution in [0.4, 0.5) is 11.4 Å². The molecule has 0 fully saturated rings. The van der Waals surface area contributed by atoms with Crippen molar-refractivity contribution in [2.24, 2.45) is 0 Å². The van der Waals surface area contributed by atoms with Crippen LogP contribution in [0.25, 0.3) is 0 Å². The SMILES string of the molecule is C=CCCN(C)c1cncc(N(C=O)Cc2ccccc2)c1. The van der Waals surface area contributed by atoms with Crippen LogP contribution in [-0.4, -0.2) is 25.0 Å². The molecular weight excluding hydrogens is 274 g/mol. The van der Waals surface area contributed by atoms with Crippen molar-refractivity contribution in [2.75, 3.05) is 23.4 Å². The molecule has 114 valence electrons. The molecule has 22 heavy (non-hydrogen) atoms. The molecule has 0 aliphatic heterocycles. The average molecular weight is 295 g/mol. The lowest BCUT2D eigenvalue weighted by Gasteiger charge is -2.22. The van der Waals surface area contributed by atoms with Gasteiger partial charge in [0.1, 0.15) is 0 Å². The maximum absolute atomic E-state index is 11.4. The van der Waals surface area contributed by atoms with Gasteiger partial charge in [-0.2, -0.15) is 0 Å². The number of aromatic nitrogens is 1. The monoisotopic (exact) mass is 295 g/mol. The van der Waals surface area contributed by atoms with Crippen LogP contribution in [0.2, 0.25) is 0 Å². The third-order valence-electron chi connectivity index (χ3n) is 3.47. The van der Waals surface area contributed by atoms with Crippen molar-refractivity contribution in [3.63, 3.8) is 0 Å². The van der Waals surface area contributed by atoms with E-state index in [2.05, 4.69) is 16.5 Å². The second-order valence-electron chi connectivity index (χ2n) is 5.12. The van der Waals surface area contributed by atoms with Gasteiger partial charge in [-0.25, -0.2) is 0 Å². The van der Waals surface area contributed by atoms with Gasteiger partial charge in [-0.1, -0.05) is 36.4 Å². The zero-order chi connectivity index (χ0) is 15.8. The summed E-state index contributed by atoms with van der Waals surface area (Å²) in [6.45, 7) is 5.14. The van der Waals surface area contributed by atoms with Crippen molar-refractivity contribution >= 4 is 17.8 Å². The Balaban J connectivity index is 2.15. The first kappa shape index (κ1) is 15.8. The van der Waals surface area contributed by atoms with Crippen LogP contribution in [0.3, 0.4) is 0 Å². The van der Waals surface area contributed by atoms with Crippen LogP contribution in [-0.2, 0) is 11.3 Å². The molecule has 2 rings (SSSR count). The fourth-order valence-electron chi connectivity index (χ4n) is 2.17. The van der Waals surface area contributed by atoms with E-state index in [1.54, 1.807) is 17.3 Å². The van der Waals surface area contributed by atoms with Gasteiger partial charge < -0.3 is 9.80 Å². The Labute approximate surface area is 131 Å². The van der Waals surface area contributed by atoms with Crippen molar-refractivity contribution in [1.82, 2.24) is 4.98 Å². The minimum Gasteiger partial charge on any atom is -0.373 e. The van der Waals surface area contributed by atoms with Gasteiger partial charge in [0.2, 0.25) is 6.41 Å². The summed E-state index contributed by atoms with van der Waals surface area (Å²) in [4.78, 5) is 19.5. The van der Waals surface area contributed by atoms with Gasteiger partial charge in [-0.05, 0) is 18.1 Å². The summed E-state index contributed by atoms with van der Waals surface area (Å²) in [6, 6.07) is 11.9. The van der Waals surface area contributed by atoms with E-state index in [1.807, 2.05) is 49.5 Å². The molecule has 0 saturated heterocycles. The van der Waals surface area contributed by atoms with E-state index in [1.165, 1.54) is 0 Å². The third-order valence-corrected chi connectivity index (χ3v) is 3.47. The predicted molar refractivity (Wildman–Crippen MR) is 91.0 cm³/mol. The molecule has 0 aliphatic carbocycles. The molecule has 0 aliphatic rings. The van der Waals surface area contributed by atoms with Crippen molar-refractivity contribution in [3.05, 3.63) is 67.0 Å². The molecule has 4 nitrogen and oxygen atoms in total. The normalized spacial score (nSPS) is 10.0. The number of pyridine rings is 1. The summed E-state index contributed by atoms with van der Waals surface area (Å²) in [5.74, 6) is 0. The zero-order valence-electron chi connectivity index (χ0n) is 12.9. The standard InChI is InChI=1S/C18H21N3O/c1-3-4-10-20(2)17-11-18(13-19-12-17)21(15-22)14-16-8-6-5-7-9-16/h3,5-9,11-13,15H,1,4,10,14H2,2H3. The maximum Gasteiger partial charge on any atom is 0.214 e. The molecule has 1 aromatic heterocycles. The second kappa shape index (κ2) is 7.98. The quantitative estimate of drug-likeness (QED) is 0.554. The Hall–Kier alpha value is -2.62. The molecule has 2 aromatic rings. The first-order valence-electron chi connectivity index (χ1n) is 7.27. The molecule has 0 radical (unpaired) electrons. The number of hydrogen-bond acceptors (Lipinski definition) is 3. The summed E-state index contributed by atoms with van der Waals surface area (Å²) in [5, 5.41) is 0. The molecule has 0 saturated carbocycles. The van der Waals surface area contributed by atoms with Crippen molar-refractivity contribution in [3.8, 4) is 0 Å². The lowest BCUT2D eigenvalue weighted by Crippen LogP contribution is -2.22. The van der Waals surface area contributed by atoms with Crippen molar-refractivity contribution in [1.29, 1.82) is 0 Å². The molecular formula is C18H21N3O. The average Bonchev–Trinajstić information content (AvgIpc) is 2.58. The minimum absolute atomic E-state index is 0.534. The number of carbonyl (C=O) groups excluding carboxylic acids is 1. The van der Waals surface area contributed by atoms with Gasteiger partial charge in [-0.3, -0.25) is 9.78 Å². The van der Waals surface area contributed by atoms with Gasteiger partial charge in [0.05, 0.1) is 30.3 Å². The number of amides is 1. The van der Waals surface area contributed by atoms with Crippen LogP contribution in [0.1, 0.15) is 12.0 Å². The number of nitrogens with zero attached hydrogens (tertiary/aromatic N) is 3. The van der Waals surface area contributed by atoms with E-state index in [9.17, 15) is 4.79 Å². The highest BCUT2D eigenvalue weighted by Gasteiger charge is 2.09. The van der Waals surface area contributed by atoms with Crippen LogP contribution in [0.15, 0.2) is 61.4 Å². The number of hydrogen-bond donors (Lipinski definition) is 0. The first-order chi connectivity index (χ1) is 10.7.